The number of aliphatic carboxylic acids is 1. The van der Waals surface area contributed by atoms with Crippen LogP contribution >= 0.6 is 0 Å². The topological polar surface area (TPSA) is 90.9 Å². The first-order valence-corrected chi connectivity index (χ1v) is 6.78. The zero-order valence-electron chi connectivity index (χ0n) is 11.8. The Bertz CT molecular complexity index is 810. The molecule has 21 heavy (non-hydrogen) atoms. The van der Waals surface area contributed by atoms with Gasteiger partial charge in [0.15, 0.2) is 0 Å². The number of rotatable bonds is 4. The van der Waals surface area contributed by atoms with Gasteiger partial charge < -0.3 is 15.4 Å². The molecule has 0 fully saturated rings. The summed E-state index contributed by atoms with van der Waals surface area (Å²) in [6.07, 6.45) is 1.43. The second-order valence-corrected chi connectivity index (χ2v) is 5.32. The third-order valence-electron chi connectivity index (χ3n) is 3.52. The van der Waals surface area contributed by atoms with Gasteiger partial charge in [-0.1, -0.05) is 32.0 Å². The van der Waals surface area contributed by atoms with E-state index in [4.69, 9.17) is 0 Å². The zero-order chi connectivity index (χ0) is 15.0. The van der Waals surface area contributed by atoms with Gasteiger partial charge in [-0.05, 0) is 12.0 Å². The van der Waals surface area contributed by atoms with E-state index in [1.54, 1.807) is 0 Å². The maximum atomic E-state index is 11.4. The summed E-state index contributed by atoms with van der Waals surface area (Å²) in [6, 6.07) is 7.10. The maximum Gasteiger partial charge on any atom is 0.326 e. The molecular formula is C15H16N4O2. The lowest BCUT2D eigenvalue weighted by atomic mass is 10.0. The van der Waals surface area contributed by atoms with Crippen molar-refractivity contribution in [1.29, 1.82) is 0 Å². The molecule has 3 N–H and O–H groups in total. The van der Waals surface area contributed by atoms with E-state index in [0.29, 0.717) is 11.5 Å². The van der Waals surface area contributed by atoms with Gasteiger partial charge in [-0.15, -0.1) is 0 Å². The molecule has 0 aliphatic carbocycles. The average molecular weight is 284 g/mol. The Kier molecular flexibility index (Phi) is 3.21. The van der Waals surface area contributed by atoms with Crippen molar-refractivity contribution in [3.63, 3.8) is 0 Å². The molecule has 6 heteroatoms. The molecule has 6 nitrogen and oxygen atoms in total. The number of benzene rings is 1. The van der Waals surface area contributed by atoms with Crippen LogP contribution in [-0.2, 0) is 4.79 Å². The quantitative estimate of drug-likeness (QED) is 0.685. The molecule has 0 aliphatic rings. The fourth-order valence-electron chi connectivity index (χ4n) is 2.44. The average Bonchev–Trinajstić information content (AvgIpc) is 2.83. The highest BCUT2D eigenvalue weighted by atomic mass is 16.4. The van der Waals surface area contributed by atoms with E-state index in [1.165, 1.54) is 6.33 Å². The summed E-state index contributed by atoms with van der Waals surface area (Å²) in [5.41, 5.74) is 1.65. The first-order chi connectivity index (χ1) is 10.1. The number of fused-ring (bicyclic) bond motifs is 3. The van der Waals surface area contributed by atoms with Crippen molar-refractivity contribution < 1.29 is 9.90 Å². The lowest BCUT2D eigenvalue weighted by molar-refractivity contribution is -0.138. The Morgan fingerprint density at radius 2 is 2.05 bits per heavy atom. The number of aromatic nitrogens is 3. The van der Waals surface area contributed by atoms with Crippen molar-refractivity contribution in [1.82, 2.24) is 15.0 Å². The number of H-pyrrole nitrogens is 1. The van der Waals surface area contributed by atoms with Crippen molar-refractivity contribution in [2.45, 2.75) is 19.9 Å². The molecule has 0 radical (unpaired) electrons. The minimum absolute atomic E-state index is 0.0577. The number of anilines is 1. The summed E-state index contributed by atoms with van der Waals surface area (Å²) in [4.78, 5) is 23.0. The van der Waals surface area contributed by atoms with Crippen molar-refractivity contribution >= 4 is 33.7 Å². The first kappa shape index (κ1) is 13.4. The van der Waals surface area contributed by atoms with E-state index >= 15 is 0 Å². The van der Waals surface area contributed by atoms with Gasteiger partial charge in [-0.2, -0.15) is 0 Å². The van der Waals surface area contributed by atoms with E-state index < -0.39 is 12.0 Å². The molecule has 0 saturated heterocycles. The van der Waals surface area contributed by atoms with Crippen LogP contribution in [0.2, 0.25) is 0 Å². The van der Waals surface area contributed by atoms with Crippen LogP contribution in [0.15, 0.2) is 30.6 Å². The number of carboxylic acids is 1. The van der Waals surface area contributed by atoms with Gasteiger partial charge in [0.05, 0.1) is 5.39 Å². The third-order valence-corrected chi connectivity index (χ3v) is 3.52. The highest BCUT2D eigenvalue weighted by Gasteiger charge is 2.23. The molecule has 2 heterocycles. The van der Waals surface area contributed by atoms with Crippen molar-refractivity contribution in [3.8, 4) is 0 Å². The minimum atomic E-state index is -0.892. The number of hydrogen-bond acceptors (Lipinski definition) is 4. The number of aromatic amines is 1. The largest absolute Gasteiger partial charge is 0.480 e. The first-order valence-electron chi connectivity index (χ1n) is 6.78. The molecular weight excluding hydrogens is 268 g/mol. The van der Waals surface area contributed by atoms with E-state index in [1.807, 2.05) is 38.1 Å². The Balaban J connectivity index is 2.16. The van der Waals surface area contributed by atoms with E-state index in [9.17, 15) is 9.90 Å². The summed E-state index contributed by atoms with van der Waals surface area (Å²) < 4.78 is 0. The predicted molar refractivity (Wildman–Crippen MR) is 81.3 cm³/mol. The molecule has 2 aromatic heterocycles. The van der Waals surface area contributed by atoms with Gasteiger partial charge in [0.1, 0.15) is 23.8 Å². The van der Waals surface area contributed by atoms with Crippen LogP contribution in [0.5, 0.6) is 0 Å². The Labute approximate surface area is 121 Å². The summed E-state index contributed by atoms with van der Waals surface area (Å²) in [7, 11) is 0. The standard InChI is InChI=1S/C15H16N4O2/c1-8(2)12(15(20)21)19-14-11-9-5-3-4-6-10(9)18-13(11)16-7-17-14/h3-8,12H,1-2H3,(H,20,21)(H2,16,17,18,19)/t12-/m1/s1. The van der Waals surface area contributed by atoms with Crippen LogP contribution in [0.25, 0.3) is 21.9 Å². The molecule has 0 spiro atoms. The summed E-state index contributed by atoms with van der Waals surface area (Å²) in [6.45, 7) is 3.72. The molecule has 108 valence electrons. The van der Waals surface area contributed by atoms with Gasteiger partial charge in [-0.25, -0.2) is 14.8 Å². The number of nitrogens with one attached hydrogen (secondary N) is 2. The highest BCUT2D eigenvalue weighted by molar-refractivity contribution is 6.11. The van der Waals surface area contributed by atoms with Gasteiger partial charge in [0.2, 0.25) is 0 Å². The molecule has 1 atom stereocenters. The summed E-state index contributed by atoms with van der Waals surface area (Å²) in [5, 5.41) is 14.2. The fraction of sp³-hybridized carbons (Fsp3) is 0.267. The maximum absolute atomic E-state index is 11.4. The molecule has 3 rings (SSSR count). The number of carbonyl (C=O) groups is 1. The summed E-state index contributed by atoms with van der Waals surface area (Å²) in [5.74, 6) is -0.409. The second-order valence-electron chi connectivity index (χ2n) is 5.32. The van der Waals surface area contributed by atoms with Crippen molar-refractivity contribution in [2.75, 3.05) is 5.32 Å². The van der Waals surface area contributed by atoms with E-state index in [-0.39, 0.29) is 5.92 Å². The number of hydrogen-bond donors (Lipinski definition) is 3. The van der Waals surface area contributed by atoms with Crippen LogP contribution in [-0.4, -0.2) is 32.1 Å². The lowest BCUT2D eigenvalue weighted by Gasteiger charge is -2.18. The van der Waals surface area contributed by atoms with Gasteiger partial charge >= 0.3 is 5.97 Å². The lowest BCUT2D eigenvalue weighted by Crippen LogP contribution is -2.34. The van der Waals surface area contributed by atoms with Crippen LogP contribution in [0.4, 0.5) is 5.82 Å². The second kappa shape index (κ2) is 5.05. The van der Waals surface area contributed by atoms with Crippen LogP contribution in [0.3, 0.4) is 0 Å². The highest BCUT2D eigenvalue weighted by Crippen LogP contribution is 2.29. The minimum Gasteiger partial charge on any atom is -0.480 e. The Morgan fingerprint density at radius 3 is 2.76 bits per heavy atom. The normalized spacial score (nSPS) is 12.9. The zero-order valence-corrected chi connectivity index (χ0v) is 11.8. The Morgan fingerprint density at radius 1 is 1.29 bits per heavy atom. The molecule has 0 saturated carbocycles. The monoisotopic (exact) mass is 284 g/mol. The molecule has 0 bridgehead atoms. The SMILES string of the molecule is CC(C)[C@@H](Nc1ncnc2[nH]c3ccccc3c12)C(=O)O. The Hall–Kier alpha value is -2.63. The fourth-order valence-corrected chi connectivity index (χ4v) is 2.44. The van der Waals surface area contributed by atoms with Gasteiger partial charge in [-0.3, -0.25) is 0 Å². The van der Waals surface area contributed by atoms with E-state index in [0.717, 1.165) is 16.3 Å². The number of para-hydroxylation sites is 1. The molecule has 0 amide bonds. The molecule has 0 unspecified atom stereocenters. The van der Waals surface area contributed by atoms with Gasteiger partial charge in [0.25, 0.3) is 0 Å². The summed E-state index contributed by atoms with van der Waals surface area (Å²) >= 11 is 0. The molecule has 3 aromatic rings. The smallest absolute Gasteiger partial charge is 0.326 e. The number of carboxylic acid groups (broad SMARTS) is 1. The molecule has 1 aromatic carbocycles. The number of nitrogens with zero attached hydrogens (tertiary/aromatic N) is 2. The van der Waals surface area contributed by atoms with Gasteiger partial charge in [0, 0.05) is 10.9 Å². The van der Waals surface area contributed by atoms with Crippen molar-refractivity contribution in [2.24, 2.45) is 5.92 Å². The predicted octanol–water partition coefficient (Wildman–Crippen LogP) is 2.63. The molecule has 0 aliphatic heterocycles. The van der Waals surface area contributed by atoms with E-state index in [2.05, 4.69) is 20.3 Å². The van der Waals surface area contributed by atoms with Crippen LogP contribution in [0, 0.1) is 5.92 Å². The third kappa shape index (κ3) is 2.29. The van der Waals surface area contributed by atoms with Crippen LogP contribution < -0.4 is 5.32 Å². The van der Waals surface area contributed by atoms with Crippen LogP contribution in [0.1, 0.15) is 13.8 Å². The van der Waals surface area contributed by atoms with Crippen molar-refractivity contribution in [3.05, 3.63) is 30.6 Å².